The van der Waals surface area contributed by atoms with E-state index in [4.69, 9.17) is 4.74 Å². The van der Waals surface area contributed by atoms with Crippen LogP contribution in [0.2, 0.25) is 0 Å². The first-order valence-corrected chi connectivity index (χ1v) is 9.42. The Labute approximate surface area is 140 Å². The first kappa shape index (κ1) is 17.5. The van der Waals surface area contributed by atoms with Crippen LogP contribution >= 0.6 is 11.3 Å². The van der Waals surface area contributed by atoms with Gasteiger partial charge in [0.2, 0.25) is 0 Å². The molecule has 0 amide bonds. The number of allylic oxidation sites excluding steroid dienone is 4. The second-order valence-corrected chi connectivity index (χ2v) is 7.84. The summed E-state index contributed by atoms with van der Waals surface area (Å²) in [7, 11) is 0. The minimum absolute atomic E-state index is 0.141. The van der Waals surface area contributed by atoms with Crippen LogP contribution in [0.4, 0.5) is 0 Å². The molecule has 122 valence electrons. The molecule has 0 bridgehead atoms. The largest absolute Gasteiger partial charge is 0.367 e. The second-order valence-electron chi connectivity index (χ2n) is 7.06. The van der Waals surface area contributed by atoms with Gasteiger partial charge in [0.25, 0.3) is 0 Å². The van der Waals surface area contributed by atoms with Gasteiger partial charge in [-0.05, 0) is 88.6 Å². The van der Waals surface area contributed by atoms with Crippen molar-refractivity contribution in [2.75, 3.05) is 0 Å². The molecule has 0 saturated carbocycles. The zero-order valence-corrected chi connectivity index (χ0v) is 15.3. The molecule has 0 aliphatic carbocycles. The number of hydrogen-bond donors (Lipinski definition) is 0. The maximum atomic E-state index is 5.64. The van der Waals surface area contributed by atoms with Crippen molar-refractivity contribution in [1.82, 2.24) is 0 Å². The Kier molecular flexibility index (Phi) is 6.46. The van der Waals surface area contributed by atoms with E-state index >= 15 is 0 Å². The van der Waals surface area contributed by atoms with Crippen molar-refractivity contribution in [3.63, 3.8) is 0 Å². The highest BCUT2D eigenvalue weighted by Crippen LogP contribution is 2.38. The normalized spacial score (nSPS) is 21.2. The smallest absolute Gasteiger partial charge is 0.0892 e. The molecule has 1 aromatic heterocycles. The fraction of sp³-hybridized carbons (Fsp3) is 0.600. The quantitative estimate of drug-likeness (QED) is 0.384. The molecule has 1 fully saturated rings. The van der Waals surface area contributed by atoms with Gasteiger partial charge in [0.05, 0.1) is 11.7 Å². The third kappa shape index (κ3) is 6.10. The molecule has 0 N–H and O–H groups in total. The van der Waals surface area contributed by atoms with E-state index in [1.807, 2.05) is 0 Å². The van der Waals surface area contributed by atoms with E-state index in [-0.39, 0.29) is 5.60 Å². The summed E-state index contributed by atoms with van der Waals surface area (Å²) in [5, 5.41) is 4.41. The summed E-state index contributed by atoms with van der Waals surface area (Å²) in [4.78, 5) is 0. The summed E-state index contributed by atoms with van der Waals surface area (Å²) in [5.74, 6) is 0. The van der Waals surface area contributed by atoms with E-state index in [1.165, 1.54) is 55.2 Å². The number of hydrogen-bond acceptors (Lipinski definition) is 2. The van der Waals surface area contributed by atoms with Gasteiger partial charge in [0, 0.05) is 0 Å². The third-order valence-corrected chi connectivity index (χ3v) is 5.23. The molecule has 1 saturated heterocycles. The van der Waals surface area contributed by atoms with Gasteiger partial charge < -0.3 is 4.74 Å². The molecule has 0 radical (unpaired) electrons. The average Bonchev–Trinajstić information content (AvgIpc) is 2.87. The standard InChI is InChI=1S/C20H30OS/c1-16(9-6-10-18-13-14-22-15-18)7-5-8-17(2)11-12-19-20(3,4)21-19/h8-9,13-15,19H,5-7,10-12H2,1-4H3/b16-9+,17-8+. The molecule has 1 unspecified atom stereocenters. The van der Waals surface area contributed by atoms with E-state index in [1.54, 1.807) is 11.3 Å². The van der Waals surface area contributed by atoms with Gasteiger partial charge in [-0.2, -0.15) is 11.3 Å². The molecule has 1 nitrogen and oxygen atoms in total. The van der Waals surface area contributed by atoms with Crippen LogP contribution in [0.5, 0.6) is 0 Å². The highest BCUT2D eigenvalue weighted by atomic mass is 32.1. The fourth-order valence-corrected chi connectivity index (χ4v) is 3.47. The highest BCUT2D eigenvalue weighted by Gasteiger charge is 2.46. The van der Waals surface area contributed by atoms with Gasteiger partial charge >= 0.3 is 0 Å². The second kappa shape index (κ2) is 8.12. The summed E-state index contributed by atoms with van der Waals surface area (Å²) < 4.78 is 5.64. The predicted molar refractivity (Wildman–Crippen MR) is 97.6 cm³/mol. The molecule has 1 aromatic rings. The Morgan fingerprint density at radius 1 is 1.18 bits per heavy atom. The average molecular weight is 319 g/mol. The van der Waals surface area contributed by atoms with Crippen molar-refractivity contribution in [2.24, 2.45) is 0 Å². The topological polar surface area (TPSA) is 12.5 Å². The van der Waals surface area contributed by atoms with Gasteiger partial charge in [-0.1, -0.05) is 23.3 Å². The van der Waals surface area contributed by atoms with Crippen molar-refractivity contribution in [3.05, 3.63) is 45.7 Å². The maximum absolute atomic E-state index is 5.64. The van der Waals surface area contributed by atoms with Crippen molar-refractivity contribution >= 4 is 11.3 Å². The van der Waals surface area contributed by atoms with Gasteiger partial charge in [-0.3, -0.25) is 0 Å². The van der Waals surface area contributed by atoms with E-state index in [0.29, 0.717) is 6.10 Å². The van der Waals surface area contributed by atoms with Crippen LogP contribution in [-0.4, -0.2) is 11.7 Å². The molecular formula is C20H30OS. The molecule has 1 atom stereocenters. The Hall–Kier alpha value is -0.860. The van der Waals surface area contributed by atoms with Gasteiger partial charge in [-0.15, -0.1) is 0 Å². The highest BCUT2D eigenvalue weighted by molar-refractivity contribution is 7.07. The Morgan fingerprint density at radius 2 is 1.86 bits per heavy atom. The first-order chi connectivity index (χ1) is 10.5. The molecule has 2 rings (SSSR count). The number of rotatable bonds is 9. The van der Waals surface area contributed by atoms with Crippen LogP contribution in [0.3, 0.4) is 0 Å². The number of epoxide rings is 1. The van der Waals surface area contributed by atoms with E-state index in [9.17, 15) is 0 Å². The zero-order chi connectivity index (χ0) is 16.0. The van der Waals surface area contributed by atoms with Crippen LogP contribution in [-0.2, 0) is 11.2 Å². The summed E-state index contributed by atoms with van der Waals surface area (Å²) in [6, 6.07) is 2.23. The summed E-state index contributed by atoms with van der Waals surface area (Å²) in [6.07, 6.45) is 12.3. The SMILES string of the molecule is C/C(=C\CCc1ccsc1)CC/C=C(\C)CCC1OC1(C)C. The third-order valence-electron chi connectivity index (χ3n) is 4.50. The van der Waals surface area contributed by atoms with Crippen LogP contribution in [0.25, 0.3) is 0 Å². The molecule has 1 aliphatic heterocycles. The lowest BCUT2D eigenvalue weighted by molar-refractivity contribution is 0.320. The molecule has 22 heavy (non-hydrogen) atoms. The van der Waals surface area contributed by atoms with Crippen molar-refractivity contribution < 1.29 is 4.74 Å². The summed E-state index contributed by atoms with van der Waals surface area (Å²) in [5.41, 5.74) is 4.64. The van der Waals surface area contributed by atoms with Crippen LogP contribution < -0.4 is 0 Å². The summed E-state index contributed by atoms with van der Waals surface area (Å²) in [6.45, 7) is 8.88. The van der Waals surface area contributed by atoms with E-state index in [2.05, 4.69) is 56.7 Å². The zero-order valence-electron chi connectivity index (χ0n) is 14.5. The summed E-state index contributed by atoms with van der Waals surface area (Å²) >= 11 is 1.79. The Morgan fingerprint density at radius 3 is 2.50 bits per heavy atom. The number of aryl methyl sites for hydroxylation is 1. The minimum atomic E-state index is 0.141. The monoisotopic (exact) mass is 318 g/mol. The van der Waals surface area contributed by atoms with E-state index < -0.39 is 0 Å². The molecule has 2 heterocycles. The molecular weight excluding hydrogens is 288 g/mol. The molecule has 0 aromatic carbocycles. The van der Waals surface area contributed by atoms with Crippen molar-refractivity contribution in [1.29, 1.82) is 0 Å². The van der Waals surface area contributed by atoms with Crippen LogP contribution in [0.15, 0.2) is 40.1 Å². The van der Waals surface area contributed by atoms with Gasteiger partial charge in [0.1, 0.15) is 0 Å². The lowest BCUT2D eigenvalue weighted by Crippen LogP contribution is -2.02. The fourth-order valence-electron chi connectivity index (χ4n) is 2.77. The minimum Gasteiger partial charge on any atom is -0.367 e. The van der Waals surface area contributed by atoms with Crippen LogP contribution in [0.1, 0.15) is 65.4 Å². The van der Waals surface area contributed by atoms with Crippen LogP contribution in [0, 0.1) is 0 Å². The molecule has 0 spiro atoms. The number of thiophene rings is 1. The van der Waals surface area contributed by atoms with Crippen molar-refractivity contribution in [3.8, 4) is 0 Å². The van der Waals surface area contributed by atoms with Gasteiger partial charge in [0.15, 0.2) is 0 Å². The lowest BCUT2D eigenvalue weighted by atomic mass is 10.0. The lowest BCUT2D eigenvalue weighted by Gasteiger charge is -2.02. The Balaban J connectivity index is 1.58. The first-order valence-electron chi connectivity index (χ1n) is 8.47. The predicted octanol–water partition coefficient (Wildman–Crippen LogP) is 6.31. The van der Waals surface area contributed by atoms with Crippen molar-refractivity contribution in [2.45, 2.75) is 77.9 Å². The number of ether oxygens (including phenoxy) is 1. The van der Waals surface area contributed by atoms with Gasteiger partial charge in [-0.25, -0.2) is 0 Å². The Bertz CT molecular complexity index is 508. The molecule has 2 heteroatoms. The maximum Gasteiger partial charge on any atom is 0.0892 e. The molecule has 1 aliphatic rings. The van der Waals surface area contributed by atoms with E-state index in [0.717, 1.165) is 0 Å².